The van der Waals surface area contributed by atoms with Crippen molar-refractivity contribution in [3.63, 3.8) is 0 Å². The van der Waals surface area contributed by atoms with Gasteiger partial charge in [-0.3, -0.25) is 9.59 Å². The summed E-state index contributed by atoms with van der Waals surface area (Å²) in [6.07, 6.45) is 1.28. The zero-order valence-corrected chi connectivity index (χ0v) is 20.9. The molecule has 0 radical (unpaired) electrons. The predicted octanol–water partition coefficient (Wildman–Crippen LogP) is 5.71. The van der Waals surface area contributed by atoms with Crippen molar-refractivity contribution in [1.29, 1.82) is 0 Å². The standard InChI is InChI=1S/C25H32Cl2N2O3/c1-6-18(5)28-25(31)23(7-2)29(14-19-8-9-21(26)22(27)13-19)24(30)15-32-20-11-16(3)10-17(4)12-20/h8-13,18,23H,6-7,14-15H2,1-5H3,(H,28,31)/t18-,23+/m0/s1. The minimum absolute atomic E-state index is 0.0185. The van der Waals surface area contributed by atoms with Gasteiger partial charge in [0.05, 0.1) is 10.0 Å². The van der Waals surface area contributed by atoms with Crippen LogP contribution in [0.4, 0.5) is 0 Å². The van der Waals surface area contributed by atoms with Crippen LogP contribution in [0.25, 0.3) is 0 Å². The first-order valence-corrected chi connectivity index (χ1v) is 11.6. The Kier molecular flexibility index (Phi) is 9.85. The van der Waals surface area contributed by atoms with E-state index >= 15 is 0 Å². The number of benzene rings is 2. The summed E-state index contributed by atoms with van der Waals surface area (Å²) in [5.74, 6) is 0.172. The zero-order chi connectivity index (χ0) is 23.8. The maximum absolute atomic E-state index is 13.3. The lowest BCUT2D eigenvalue weighted by Crippen LogP contribution is -2.51. The van der Waals surface area contributed by atoms with Crippen molar-refractivity contribution >= 4 is 35.0 Å². The second-order valence-corrected chi connectivity index (χ2v) is 8.94. The largest absolute Gasteiger partial charge is 0.484 e. The third-order valence-corrected chi connectivity index (χ3v) is 6.02. The van der Waals surface area contributed by atoms with Crippen molar-refractivity contribution in [3.8, 4) is 5.75 Å². The SMILES string of the molecule is CC[C@H](C(=O)N[C@@H](C)CC)N(Cc1ccc(Cl)c(Cl)c1)C(=O)COc1cc(C)cc(C)c1. The molecule has 2 atom stereocenters. The summed E-state index contributed by atoms with van der Waals surface area (Å²) in [6, 6.07) is 10.4. The van der Waals surface area contributed by atoms with Gasteiger partial charge in [0.1, 0.15) is 11.8 Å². The van der Waals surface area contributed by atoms with Crippen molar-refractivity contribution in [3.05, 3.63) is 63.1 Å². The van der Waals surface area contributed by atoms with Crippen LogP contribution < -0.4 is 10.1 Å². The Balaban J connectivity index is 2.26. The molecule has 2 rings (SSSR count). The highest BCUT2D eigenvalue weighted by Crippen LogP contribution is 2.24. The average Bonchev–Trinajstić information content (AvgIpc) is 2.73. The number of ether oxygens (including phenoxy) is 1. The van der Waals surface area contributed by atoms with Crippen molar-refractivity contribution in [2.45, 2.75) is 66.1 Å². The Labute approximate surface area is 201 Å². The average molecular weight is 479 g/mol. The molecule has 0 unspecified atom stereocenters. The lowest BCUT2D eigenvalue weighted by Gasteiger charge is -2.31. The number of nitrogens with one attached hydrogen (secondary N) is 1. The van der Waals surface area contributed by atoms with Crippen LogP contribution in [0.15, 0.2) is 36.4 Å². The van der Waals surface area contributed by atoms with Crippen LogP contribution in [0, 0.1) is 13.8 Å². The van der Waals surface area contributed by atoms with E-state index in [4.69, 9.17) is 27.9 Å². The molecule has 7 heteroatoms. The summed E-state index contributed by atoms with van der Waals surface area (Å²) >= 11 is 12.2. The van der Waals surface area contributed by atoms with Crippen LogP contribution in [-0.4, -0.2) is 35.4 Å². The second-order valence-electron chi connectivity index (χ2n) is 8.12. The van der Waals surface area contributed by atoms with E-state index in [0.717, 1.165) is 23.1 Å². The summed E-state index contributed by atoms with van der Waals surface area (Å²) < 4.78 is 5.80. The first-order valence-electron chi connectivity index (χ1n) is 10.9. The van der Waals surface area contributed by atoms with E-state index in [0.29, 0.717) is 22.2 Å². The predicted molar refractivity (Wildman–Crippen MR) is 130 cm³/mol. The lowest BCUT2D eigenvalue weighted by molar-refractivity contribution is -0.143. The number of nitrogens with zero attached hydrogens (tertiary/aromatic N) is 1. The van der Waals surface area contributed by atoms with Crippen LogP contribution in [0.3, 0.4) is 0 Å². The van der Waals surface area contributed by atoms with Crippen LogP contribution in [0.5, 0.6) is 5.75 Å². The third-order valence-electron chi connectivity index (χ3n) is 5.28. The molecule has 0 heterocycles. The fraction of sp³-hybridized carbons (Fsp3) is 0.440. The molecule has 2 amide bonds. The van der Waals surface area contributed by atoms with E-state index in [1.54, 1.807) is 23.1 Å². The summed E-state index contributed by atoms with van der Waals surface area (Å²) in [7, 11) is 0. The van der Waals surface area contributed by atoms with Gasteiger partial charge in [-0.15, -0.1) is 0 Å². The number of hydrogen-bond donors (Lipinski definition) is 1. The highest BCUT2D eigenvalue weighted by Gasteiger charge is 2.29. The summed E-state index contributed by atoms with van der Waals surface area (Å²) in [5, 5.41) is 3.83. The highest BCUT2D eigenvalue weighted by atomic mass is 35.5. The molecule has 0 fully saturated rings. The summed E-state index contributed by atoms with van der Waals surface area (Å²) in [5.41, 5.74) is 2.90. The molecule has 2 aromatic carbocycles. The minimum Gasteiger partial charge on any atom is -0.484 e. The molecule has 32 heavy (non-hydrogen) atoms. The number of carbonyl (C=O) groups is 2. The van der Waals surface area contributed by atoms with Gasteiger partial charge >= 0.3 is 0 Å². The fourth-order valence-electron chi connectivity index (χ4n) is 3.44. The first kappa shape index (κ1) is 26.0. The number of carbonyl (C=O) groups excluding carboxylic acids is 2. The van der Waals surface area contributed by atoms with Gasteiger partial charge < -0.3 is 15.0 Å². The van der Waals surface area contributed by atoms with Crippen molar-refractivity contribution in [1.82, 2.24) is 10.2 Å². The quantitative estimate of drug-likeness (QED) is 0.475. The number of hydrogen-bond acceptors (Lipinski definition) is 3. The number of rotatable bonds is 10. The molecule has 2 aromatic rings. The van der Waals surface area contributed by atoms with Gasteiger partial charge in [-0.05, 0) is 74.6 Å². The maximum atomic E-state index is 13.3. The number of amides is 2. The number of aryl methyl sites for hydroxylation is 2. The molecule has 0 saturated carbocycles. The molecular formula is C25H32Cl2N2O3. The Morgan fingerprint density at radius 3 is 2.22 bits per heavy atom. The Bertz CT molecular complexity index is 929. The normalized spacial score (nSPS) is 12.7. The molecule has 0 aromatic heterocycles. The van der Waals surface area contributed by atoms with Gasteiger partial charge in [0.2, 0.25) is 5.91 Å². The lowest BCUT2D eigenvalue weighted by atomic mass is 10.1. The molecule has 0 aliphatic carbocycles. The Morgan fingerprint density at radius 2 is 1.66 bits per heavy atom. The van der Waals surface area contributed by atoms with Gasteiger partial charge in [-0.25, -0.2) is 0 Å². The van der Waals surface area contributed by atoms with E-state index in [9.17, 15) is 9.59 Å². The topological polar surface area (TPSA) is 58.6 Å². The third kappa shape index (κ3) is 7.42. The van der Waals surface area contributed by atoms with Gasteiger partial charge in [0, 0.05) is 12.6 Å². The van der Waals surface area contributed by atoms with E-state index in [1.165, 1.54) is 0 Å². The summed E-state index contributed by atoms with van der Waals surface area (Å²) in [4.78, 5) is 27.8. The van der Waals surface area contributed by atoms with Crippen LogP contribution in [0.1, 0.15) is 50.3 Å². The van der Waals surface area contributed by atoms with Gasteiger partial charge in [0.15, 0.2) is 6.61 Å². The van der Waals surface area contributed by atoms with E-state index in [1.807, 2.05) is 52.8 Å². The summed E-state index contributed by atoms with van der Waals surface area (Å²) in [6.45, 7) is 9.84. The highest BCUT2D eigenvalue weighted by molar-refractivity contribution is 6.42. The van der Waals surface area contributed by atoms with Crippen molar-refractivity contribution < 1.29 is 14.3 Å². The molecular weight excluding hydrogens is 447 g/mol. The smallest absolute Gasteiger partial charge is 0.261 e. The molecule has 0 saturated heterocycles. The van der Waals surface area contributed by atoms with Gasteiger partial charge in [-0.1, -0.05) is 49.2 Å². The molecule has 0 aliphatic rings. The maximum Gasteiger partial charge on any atom is 0.261 e. The molecule has 5 nitrogen and oxygen atoms in total. The molecule has 1 N–H and O–H groups in total. The Morgan fingerprint density at radius 1 is 1.00 bits per heavy atom. The molecule has 0 spiro atoms. The van der Waals surface area contributed by atoms with Crippen molar-refractivity contribution in [2.24, 2.45) is 0 Å². The number of halogens is 2. The van der Waals surface area contributed by atoms with Crippen LogP contribution in [0.2, 0.25) is 10.0 Å². The van der Waals surface area contributed by atoms with E-state index in [-0.39, 0.29) is 31.0 Å². The molecule has 0 bridgehead atoms. The minimum atomic E-state index is -0.631. The Hall–Kier alpha value is -2.24. The molecule has 174 valence electrons. The first-order chi connectivity index (χ1) is 15.1. The monoisotopic (exact) mass is 478 g/mol. The zero-order valence-electron chi connectivity index (χ0n) is 19.4. The van der Waals surface area contributed by atoms with Crippen molar-refractivity contribution in [2.75, 3.05) is 6.61 Å². The fourth-order valence-corrected chi connectivity index (χ4v) is 3.76. The second kappa shape index (κ2) is 12.1. The molecule has 0 aliphatic heterocycles. The van der Waals surface area contributed by atoms with E-state index in [2.05, 4.69) is 5.32 Å². The van der Waals surface area contributed by atoms with Crippen LogP contribution >= 0.6 is 23.2 Å². The van der Waals surface area contributed by atoms with E-state index < -0.39 is 6.04 Å². The van der Waals surface area contributed by atoms with Crippen LogP contribution in [-0.2, 0) is 16.1 Å². The van der Waals surface area contributed by atoms with Gasteiger partial charge in [-0.2, -0.15) is 0 Å². The van der Waals surface area contributed by atoms with Gasteiger partial charge in [0.25, 0.3) is 5.91 Å².